The Balaban J connectivity index is 1.44. The van der Waals surface area contributed by atoms with Gasteiger partial charge in [0.25, 0.3) is 0 Å². The van der Waals surface area contributed by atoms with Crippen molar-refractivity contribution in [1.82, 2.24) is 9.97 Å². The number of aromatic amines is 1. The van der Waals surface area contributed by atoms with Gasteiger partial charge in [-0.25, -0.2) is 14.6 Å². The van der Waals surface area contributed by atoms with E-state index in [1.807, 2.05) is 42.5 Å². The molecule has 0 unspecified atom stereocenters. The van der Waals surface area contributed by atoms with Crippen molar-refractivity contribution in [2.45, 2.75) is 33.6 Å². The van der Waals surface area contributed by atoms with E-state index in [0.29, 0.717) is 51.9 Å². The summed E-state index contributed by atoms with van der Waals surface area (Å²) in [5.74, 6) is -0.805. The molecular weight excluding hydrogens is 472 g/mol. The summed E-state index contributed by atoms with van der Waals surface area (Å²) in [6.07, 6.45) is 4.87. The van der Waals surface area contributed by atoms with E-state index in [1.165, 1.54) is 0 Å². The van der Waals surface area contributed by atoms with Crippen LogP contribution in [0.3, 0.4) is 0 Å². The largest absolute Gasteiger partial charge is 0.465 e. The summed E-state index contributed by atoms with van der Waals surface area (Å²) in [5, 5.41) is 0.675. The van der Waals surface area contributed by atoms with E-state index >= 15 is 0 Å². The number of rotatable bonds is 7. The summed E-state index contributed by atoms with van der Waals surface area (Å²) >= 11 is 0. The van der Waals surface area contributed by atoms with Crippen molar-refractivity contribution >= 4 is 40.3 Å². The summed E-state index contributed by atoms with van der Waals surface area (Å²) in [5.41, 5.74) is 5.15. The average molecular weight is 499 g/mol. The summed E-state index contributed by atoms with van der Waals surface area (Å²) in [6.45, 7) is 4.84. The van der Waals surface area contributed by atoms with E-state index < -0.39 is 24.3 Å². The highest BCUT2D eigenvalue weighted by Gasteiger charge is 2.29. The zero-order chi connectivity index (χ0) is 26.1. The Hall–Kier alpha value is -4.46. The van der Waals surface area contributed by atoms with Crippen LogP contribution in [0.2, 0.25) is 0 Å². The van der Waals surface area contributed by atoms with Gasteiger partial charge in [-0.3, -0.25) is 4.79 Å². The number of hydrogen-bond donors (Lipinski definition) is 1. The molecule has 188 valence electrons. The van der Waals surface area contributed by atoms with Crippen LogP contribution < -0.4 is 0 Å². The predicted octanol–water partition coefficient (Wildman–Crippen LogP) is 5.48. The molecule has 1 aliphatic rings. The van der Waals surface area contributed by atoms with Crippen LogP contribution in [-0.2, 0) is 15.9 Å². The number of fused-ring (bicyclic) bond motifs is 2. The van der Waals surface area contributed by atoms with E-state index in [4.69, 9.17) is 18.9 Å². The van der Waals surface area contributed by atoms with Crippen molar-refractivity contribution in [1.29, 1.82) is 0 Å². The molecule has 1 aliphatic carbocycles. The molecule has 0 amide bonds. The Kier molecular flexibility index (Phi) is 6.48. The fourth-order valence-corrected chi connectivity index (χ4v) is 4.87. The highest BCUT2D eigenvalue weighted by Crippen LogP contribution is 2.38. The topological polar surface area (TPSA) is 111 Å². The molecule has 8 heteroatoms. The zero-order valence-corrected chi connectivity index (χ0v) is 20.8. The van der Waals surface area contributed by atoms with Crippen molar-refractivity contribution < 1.29 is 28.3 Å². The fourth-order valence-electron chi connectivity index (χ4n) is 4.87. The molecule has 37 heavy (non-hydrogen) atoms. The van der Waals surface area contributed by atoms with Crippen LogP contribution in [0, 0.1) is 13.8 Å². The Labute approximate surface area is 213 Å². The van der Waals surface area contributed by atoms with E-state index in [2.05, 4.69) is 4.98 Å². The van der Waals surface area contributed by atoms with Crippen LogP contribution in [0.1, 0.15) is 72.8 Å². The molecule has 1 aromatic carbocycles. The second-order valence-electron chi connectivity index (χ2n) is 8.86. The molecule has 1 N–H and O–H groups in total. The number of carbonyl (C=O) groups is 3. The molecule has 0 atom stereocenters. The summed E-state index contributed by atoms with van der Waals surface area (Å²) in [4.78, 5) is 46.4. The predicted molar refractivity (Wildman–Crippen MR) is 137 cm³/mol. The van der Waals surface area contributed by atoms with Crippen LogP contribution in [0.15, 0.2) is 47.1 Å². The molecule has 0 aliphatic heterocycles. The van der Waals surface area contributed by atoms with E-state index in [-0.39, 0.29) is 12.3 Å². The fraction of sp³-hybridized carbons (Fsp3) is 0.241. The maximum Gasteiger partial charge on any atom is 0.340 e. The van der Waals surface area contributed by atoms with Gasteiger partial charge in [-0.1, -0.05) is 18.2 Å². The number of benzene rings is 1. The number of H-pyrrole nitrogens is 1. The lowest BCUT2D eigenvalue weighted by molar-refractivity contribution is 0.0473. The minimum Gasteiger partial charge on any atom is -0.465 e. The van der Waals surface area contributed by atoms with Crippen LogP contribution in [0.4, 0.5) is 0 Å². The van der Waals surface area contributed by atoms with Gasteiger partial charge in [0.2, 0.25) is 5.78 Å². The third kappa shape index (κ3) is 4.46. The van der Waals surface area contributed by atoms with Crippen LogP contribution in [-0.4, -0.2) is 40.9 Å². The number of ketones is 1. The number of aromatic nitrogens is 2. The number of pyridine rings is 1. The molecule has 4 aromatic rings. The van der Waals surface area contributed by atoms with Crippen molar-refractivity contribution in [2.24, 2.45) is 0 Å². The van der Waals surface area contributed by atoms with Gasteiger partial charge in [-0.2, -0.15) is 0 Å². The first-order valence-electron chi connectivity index (χ1n) is 12.1. The average Bonchev–Trinajstić information content (AvgIpc) is 3.61. The molecule has 0 saturated heterocycles. The van der Waals surface area contributed by atoms with Gasteiger partial charge < -0.3 is 18.9 Å². The minimum atomic E-state index is -0.589. The molecule has 0 bridgehead atoms. The molecule has 5 rings (SSSR count). The summed E-state index contributed by atoms with van der Waals surface area (Å²) < 4.78 is 16.1. The Morgan fingerprint density at radius 1 is 1.03 bits per heavy atom. The first kappa shape index (κ1) is 24.2. The Morgan fingerprint density at radius 3 is 2.57 bits per heavy atom. The SMILES string of the molecule is CCOC(=O)c1c(C)[nH]c(C(=O)COC(=O)c2c3c(nc4ccccc24)C(=Cc2ccco2)CC3)c1C. The van der Waals surface area contributed by atoms with Gasteiger partial charge >= 0.3 is 11.9 Å². The standard InChI is InChI=1S/C29H26N2O6/c1-4-35-28(33)24-16(2)26(30-17(24)3)23(32)15-37-29(34)25-20-9-5-6-10-22(20)31-27-18(11-12-21(25)27)14-19-8-7-13-36-19/h5-10,13-14,30H,4,11-12,15H2,1-3H3. The van der Waals surface area contributed by atoms with Gasteiger partial charge in [0, 0.05) is 11.1 Å². The molecule has 3 heterocycles. The zero-order valence-electron chi connectivity index (χ0n) is 20.8. The lowest BCUT2D eigenvalue weighted by Crippen LogP contribution is -2.17. The number of ether oxygens (including phenoxy) is 2. The number of allylic oxidation sites excluding steroid dienone is 1. The van der Waals surface area contributed by atoms with Crippen LogP contribution in [0.5, 0.6) is 0 Å². The highest BCUT2D eigenvalue weighted by atomic mass is 16.5. The molecule has 3 aromatic heterocycles. The maximum absolute atomic E-state index is 13.4. The molecular formula is C29H26N2O6. The minimum absolute atomic E-state index is 0.224. The molecule has 0 spiro atoms. The van der Waals surface area contributed by atoms with Crippen molar-refractivity contribution in [2.75, 3.05) is 13.2 Å². The Morgan fingerprint density at radius 2 is 1.81 bits per heavy atom. The van der Waals surface area contributed by atoms with Gasteiger partial charge in [-0.05, 0) is 74.6 Å². The number of esters is 2. The third-order valence-electron chi connectivity index (χ3n) is 6.54. The lowest BCUT2D eigenvalue weighted by atomic mass is 10.0. The number of nitrogens with one attached hydrogen (secondary N) is 1. The number of nitrogens with zero attached hydrogens (tertiary/aromatic N) is 1. The first-order valence-corrected chi connectivity index (χ1v) is 12.1. The third-order valence-corrected chi connectivity index (χ3v) is 6.54. The highest BCUT2D eigenvalue weighted by molar-refractivity contribution is 6.08. The van der Waals surface area contributed by atoms with E-state index in [0.717, 1.165) is 16.8 Å². The van der Waals surface area contributed by atoms with Gasteiger partial charge in [-0.15, -0.1) is 0 Å². The number of carbonyl (C=O) groups excluding carboxylic acids is 3. The molecule has 8 nitrogen and oxygen atoms in total. The van der Waals surface area contributed by atoms with Crippen LogP contribution in [0.25, 0.3) is 22.6 Å². The summed E-state index contributed by atoms with van der Waals surface area (Å²) in [6, 6.07) is 11.1. The van der Waals surface area contributed by atoms with E-state index in [9.17, 15) is 14.4 Å². The van der Waals surface area contributed by atoms with Crippen molar-refractivity contribution in [3.63, 3.8) is 0 Å². The van der Waals surface area contributed by atoms with Gasteiger partial charge in [0.15, 0.2) is 6.61 Å². The lowest BCUT2D eigenvalue weighted by Gasteiger charge is -2.12. The van der Waals surface area contributed by atoms with E-state index in [1.54, 1.807) is 27.0 Å². The first-order chi connectivity index (χ1) is 17.9. The van der Waals surface area contributed by atoms with Gasteiger partial charge in [0.1, 0.15) is 5.76 Å². The quantitative estimate of drug-likeness (QED) is 0.265. The summed E-state index contributed by atoms with van der Waals surface area (Å²) in [7, 11) is 0. The number of hydrogen-bond acceptors (Lipinski definition) is 7. The smallest absolute Gasteiger partial charge is 0.340 e. The molecule has 0 saturated carbocycles. The number of para-hydroxylation sites is 1. The second-order valence-corrected chi connectivity index (χ2v) is 8.86. The Bertz CT molecular complexity index is 1560. The maximum atomic E-state index is 13.4. The normalized spacial score (nSPS) is 13.6. The van der Waals surface area contributed by atoms with Crippen molar-refractivity contribution in [3.05, 3.63) is 87.8 Å². The number of Topliss-reactive ketones (excluding diaryl/α,β-unsaturated/α-hetero) is 1. The number of furan rings is 1. The second kappa shape index (κ2) is 9.89. The molecule has 0 radical (unpaired) electrons. The monoisotopic (exact) mass is 498 g/mol. The number of aryl methyl sites for hydroxylation is 1. The molecule has 0 fully saturated rings. The van der Waals surface area contributed by atoms with Crippen molar-refractivity contribution in [3.8, 4) is 0 Å². The van der Waals surface area contributed by atoms with Gasteiger partial charge in [0.05, 0.1) is 40.9 Å². The van der Waals surface area contributed by atoms with Crippen LogP contribution >= 0.6 is 0 Å².